The van der Waals surface area contributed by atoms with E-state index in [1.165, 1.54) is 47.6 Å². The number of hydrogen-bond acceptors (Lipinski definition) is 7. The largest absolute Gasteiger partial charge is 0.573 e. The van der Waals surface area contributed by atoms with E-state index in [-0.39, 0.29) is 34.0 Å². The number of carbonyl (C=O) groups excluding carboxylic acids is 2. The van der Waals surface area contributed by atoms with Crippen molar-refractivity contribution in [3.05, 3.63) is 96.3 Å². The molecule has 4 aromatic rings. The van der Waals surface area contributed by atoms with Crippen molar-refractivity contribution in [2.45, 2.75) is 12.5 Å². The number of nitrogens with zero attached hydrogens (tertiary/aromatic N) is 6. The molecule has 0 atom stereocenters. The van der Waals surface area contributed by atoms with Gasteiger partial charge in [0.15, 0.2) is 11.0 Å². The number of para-hydroxylation sites is 1. The van der Waals surface area contributed by atoms with Gasteiger partial charge in [0.05, 0.1) is 23.3 Å². The van der Waals surface area contributed by atoms with E-state index in [1.54, 1.807) is 30.3 Å². The van der Waals surface area contributed by atoms with Crippen LogP contribution in [0.4, 0.5) is 36.8 Å². The first kappa shape index (κ1) is 32.0. The van der Waals surface area contributed by atoms with Gasteiger partial charge in [-0.15, -0.1) is 18.3 Å². The zero-order chi connectivity index (χ0) is 32.9. The Hall–Kier alpha value is -5.45. The van der Waals surface area contributed by atoms with Gasteiger partial charge in [-0.3, -0.25) is 9.69 Å². The number of amidine groups is 1. The molecule has 5 rings (SSSR count). The van der Waals surface area contributed by atoms with Crippen LogP contribution in [0.3, 0.4) is 0 Å². The highest BCUT2D eigenvalue weighted by Crippen LogP contribution is 2.31. The second-order valence-corrected chi connectivity index (χ2v) is 10.1. The molecular formula is C29H19F6N7O3S. The third-order valence-electron chi connectivity index (χ3n) is 5.96. The zero-order valence-electron chi connectivity index (χ0n) is 23.0. The Labute approximate surface area is 260 Å². The molecule has 17 heteroatoms. The van der Waals surface area contributed by atoms with Crippen LogP contribution in [0, 0.1) is 0 Å². The van der Waals surface area contributed by atoms with Crippen molar-refractivity contribution in [1.82, 2.24) is 20.2 Å². The second-order valence-electron chi connectivity index (χ2n) is 9.20. The Morgan fingerprint density at radius 1 is 0.978 bits per heavy atom. The summed E-state index contributed by atoms with van der Waals surface area (Å²) < 4.78 is 80.5. The first-order chi connectivity index (χ1) is 21.8. The molecule has 3 aromatic carbocycles. The zero-order valence-corrected chi connectivity index (χ0v) is 23.8. The van der Waals surface area contributed by atoms with E-state index in [1.807, 2.05) is 0 Å². The molecule has 3 amide bonds. The van der Waals surface area contributed by atoms with E-state index in [0.29, 0.717) is 22.6 Å². The van der Waals surface area contributed by atoms with Crippen LogP contribution in [-0.2, 0) is 4.79 Å². The summed E-state index contributed by atoms with van der Waals surface area (Å²) >= 11 is 0.953. The predicted molar refractivity (Wildman–Crippen MR) is 159 cm³/mol. The second kappa shape index (κ2) is 13.3. The maximum Gasteiger partial charge on any atom is 0.573 e. The third-order valence-corrected chi connectivity index (χ3v) is 6.88. The fraction of sp³-hybridized carbons (Fsp3) is 0.103. The molecule has 0 unspecified atom stereocenters. The summed E-state index contributed by atoms with van der Waals surface area (Å²) in [6, 6.07) is 16.8. The maximum absolute atomic E-state index is 12.7. The molecule has 0 aliphatic carbocycles. The molecule has 0 bridgehead atoms. The Morgan fingerprint density at radius 3 is 2.39 bits per heavy atom. The van der Waals surface area contributed by atoms with Gasteiger partial charge in [-0.05, 0) is 47.5 Å². The van der Waals surface area contributed by atoms with Crippen molar-refractivity contribution in [3.63, 3.8) is 0 Å². The van der Waals surface area contributed by atoms with Crippen LogP contribution in [0.15, 0.2) is 95.3 Å². The van der Waals surface area contributed by atoms with Crippen LogP contribution in [0.1, 0.15) is 11.1 Å². The van der Waals surface area contributed by atoms with E-state index in [9.17, 15) is 35.9 Å². The molecule has 1 saturated heterocycles. The van der Waals surface area contributed by atoms with E-state index in [2.05, 4.69) is 30.3 Å². The van der Waals surface area contributed by atoms with Gasteiger partial charge < -0.3 is 4.74 Å². The average molecular weight is 660 g/mol. The van der Waals surface area contributed by atoms with Gasteiger partial charge in [-0.2, -0.15) is 23.3 Å². The summed E-state index contributed by atoms with van der Waals surface area (Å²) in [5.74, 6) is -0.545. The van der Waals surface area contributed by atoms with Gasteiger partial charge in [0.25, 0.3) is 0 Å². The van der Waals surface area contributed by atoms with Gasteiger partial charge in [0.2, 0.25) is 5.91 Å². The number of nitrogens with one attached hydrogen (secondary N) is 1. The highest BCUT2D eigenvalue weighted by atomic mass is 32.2. The first-order valence-corrected chi connectivity index (χ1v) is 13.9. The molecule has 1 fully saturated rings. The van der Waals surface area contributed by atoms with Gasteiger partial charge >= 0.3 is 18.6 Å². The lowest BCUT2D eigenvalue weighted by Crippen LogP contribution is -2.31. The molecule has 1 aliphatic rings. The standard InChI is InChI=1S/C29H19F6N7O3S/c30-28(31,32)14-13-19-3-1-2-4-23(19)42-24(43)16-46-27(42)38-26(44)39-37-15-18-5-7-20(8-6-18)25-36-17-41(40-25)21-9-11-22(12-10-21)45-29(33,34)35/h1-15,17H,16H2,(H,39,44)/b14-13+,37-15+,38-27-. The number of anilines is 1. The lowest BCUT2D eigenvalue weighted by molar-refractivity contribution is -0.274. The van der Waals surface area contributed by atoms with Gasteiger partial charge in [0.1, 0.15) is 12.1 Å². The Morgan fingerprint density at radius 2 is 1.70 bits per heavy atom. The highest BCUT2D eigenvalue weighted by molar-refractivity contribution is 8.15. The minimum atomic E-state index is -4.80. The summed E-state index contributed by atoms with van der Waals surface area (Å²) in [6.45, 7) is 0. The maximum atomic E-state index is 12.7. The number of rotatable bonds is 7. The minimum Gasteiger partial charge on any atom is -0.406 e. The molecule has 0 radical (unpaired) electrons. The van der Waals surface area contributed by atoms with Crippen LogP contribution in [0.2, 0.25) is 0 Å². The van der Waals surface area contributed by atoms with E-state index < -0.39 is 24.5 Å². The lowest BCUT2D eigenvalue weighted by atomic mass is 10.1. The number of halogens is 6. The van der Waals surface area contributed by atoms with Crippen molar-refractivity contribution in [1.29, 1.82) is 0 Å². The number of urea groups is 1. The fourth-order valence-corrected chi connectivity index (χ4v) is 4.87. The van der Waals surface area contributed by atoms with Gasteiger partial charge in [0, 0.05) is 11.6 Å². The smallest absolute Gasteiger partial charge is 0.406 e. The third kappa shape index (κ3) is 8.38. The number of aliphatic imine (C=N–C) groups is 1. The van der Waals surface area contributed by atoms with Crippen LogP contribution in [-0.4, -0.2) is 56.4 Å². The average Bonchev–Trinajstić information content (AvgIpc) is 3.63. The van der Waals surface area contributed by atoms with Gasteiger partial charge in [-0.1, -0.05) is 54.2 Å². The molecular weight excluding hydrogens is 640 g/mol. The molecule has 46 heavy (non-hydrogen) atoms. The number of allylic oxidation sites excluding steroid dienone is 1. The summed E-state index contributed by atoms with van der Waals surface area (Å²) in [5.41, 5.74) is 4.13. The summed E-state index contributed by atoms with van der Waals surface area (Å²) in [6.07, 6.45) is -5.73. The monoisotopic (exact) mass is 659 g/mol. The number of amides is 3. The quantitative estimate of drug-likeness (QED) is 0.136. The van der Waals surface area contributed by atoms with Crippen LogP contribution in [0.25, 0.3) is 23.2 Å². The highest BCUT2D eigenvalue weighted by Gasteiger charge is 2.32. The Bertz CT molecular complexity index is 1820. The number of carbonyl (C=O) groups is 2. The number of ether oxygens (including phenoxy) is 1. The number of alkyl halides is 6. The molecule has 1 aromatic heterocycles. The lowest BCUT2D eigenvalue weighted by Gasteiger charge is -2.18. The molecule has 1 aliphatic heterocycles. The first-order valence-electron chi connectivity index (χ1n) is 13.0. The Balaban J connectivity index is 1.21. The number of benzene rings is 3. The van der Waals surface area contributed by atoms with Crippen molar-refractivity contribution < 1.29 is 40.7 Å². The van der Waals surface area contributed by atoms with Crippen LogP contribution >= 0.6 is 11.8 Å². The van der Waals surface area contributed by atoms with E-state index in [0.717, 1.165) is 34.9 Å². The van der Waals surface area contributed by atoms with E-state index >= 15 is 0 Å². The summed E-state index contributed by atoms with van der Waals surface area (Å²) in [5, 5.41) is 8.16. The summed E-state index contributed by atoms with van der Waals surface area (Å²) in [4.78, 5) is 34.2. The molecule has 10 nitrogen and oxygen atoms in total. The normalized spacial score (nSPS) is 15.0. The SMILES string of the molecule is O=C(/N=C1\SCC(=O)N1c1ccccc1/C=C/C(F)(F)F)N/N=C/c1ccc(-c2ncn(-c3ccc(OC(F)(F)F)cc3)n2)cc1. The van der Waals surface area contributed by atoms with Gasteiger partial charge in [-0.25, -0.2) is 19.9 Å². The van der Waals surface area contributed by atoms with E-state index in [4.69, 9.17) is 0 Å². The molecule has 0 spiro atoms. The fourth-order valence-electron chi connectivity index (χ4n) is 4.01. The molecule has 2 heterocycles. The van der Waals surface area contributed by atoms with Crippen LogP contribution < -0.4 is 15.1 Å². The van der Waals surface area contributed by atoms with Crippen molar-refractivity contribution >= 4 is 46.8 Å². The number of thioether (sulfide) groups is 1. The topological polar surface area (TPSA) is 114 Å². The summed E-state index contributed by atoms with van der Waals surface area (Å²) in [7, 11) is 0. The predicted octanol–water partition coefficient (Wildman–Crippen LogP) is 6.59. The van der Waals surface area contributed by atoms with Crippen molar-refractivity contribution in [2.24, 2.45) is 10.1 Å². The molecule has 1 N–H and O–H groups in total. The molecule has 0 saturated carbocycles. The van der Waals surface area contributed by atoms with Crippen molar-refractivity contribution in [2.75, 3.05) is 10.7 Å². The number of aromatic nitrogens is 3. The number of hydrogen-bond donors (Lipinski definition) is 1. The minimum absolute atomic E-state index is 0.0209. The number of hydrazone groups is 1. The van der Waals surface area contributed by atoms with Crippen LogP contribution in [0.5, 0.6) is 5.75 Å². The molecule has 236 valence electrons. The van der Waals surface area contributed by atoms with Crippen molar-refractivity contribution in [3.8, 4) is 22.8 Å². The Kier molecular flexibility index (Phi) is 9.22.